The number of amides is 3. The Bertz CT molecular complexity index is 1120. The highest BCUT2D eigenvalue weighted by Gasteiger charge is 2.39. The lowest BCUT2D eigenvalue weighted by Crippen LogP contribution is -2.43. The number of primary amides is 1. The van der Waals surface area contributed by atoms with Crippen LogP contribution < -0.4 is 21.3 Å². The fourth-order valence-electron chi connectivity index (χ4n) is 4.43. The van der Waals surface area contributed by atoms with Gasteiger partial charge in [-0.3, -0.25) is 19.2 Å². The van der Waals surface area contributed by atoms with E-state index in [1.165, 1.54) is 12.8 Å². The van der Waals surface area contributed by atoms with Crippen LogP contribution in [-0.4, -0.2) is 45.5 Å². The number of likely N-dealkylation sites (tertiary alicyclic amines) is 1. The third-order valence-electron chi connectivity index (χ3n) is 6.42. The average Bonchev–Trinajstić information content (AvgIpc) is 3.62. The normalized spacial score (nSPS) is 19.5. The SMILES string of the molecule is CC(C)CC(C(=O)N1CC(C(=O)Nc2ccccc2)CC1C)n1cccc(NSC2CC2)c1=O.NC=O. The van der Waals surface area contributed by atoms with Crippen molar-refractivity contribution in [3.63, 3.8) is 0 Å². The van der Waals surface area contributed by atoms with Gasteiger partial charge in [0, 0.05) is 29.7 Å². The predicted molar refractivity (Wildman–Crippen MR) is 148 cm³/mol. The molecule has 2 aromatic rings. The first-order chi connectivity index (χ1) is 17.7. The monoisotopic (exact) mass is 527 g/mol. The number of benzene rings is 1. The highest BCUT2D eigenvalue weighted by Crippen LogP contribution is 2.34. The second kappa shape index (κ2) is 13.3. The summed E-state index contributed by atoms with van der Waals surface area (Å²) >= 11 is 1.58. The molecule has 1 saturated heterocycles. The summed E-state index contributed by atoms with van der Waals surface area (Å²) < 4.78 is 4.76. The highest BCUT2D eigenvalue weighted by molar-refractivity contribution is 8.01. The first-order valence-corrected chi connectivity index (χ1v) is 13.6. The summed E-state index contributed by atoms with van der Waals surface area (Å²) in [5.74, 6) is -0.216. The van der Waals surface area contributed by atoms with Crippen LogP contribution in [-0.2, 0) is 14.4 Å². The molecule has 3 atom stereocenters. The zero-order valence-corrected chi connectivity index (χ0v) is 22.4. The van der Waals surface area contributed by atoms with Crippen molar-refractivity contribution in [1.29, 1.82) is 0 Å². The Morgan fingerprint density at radius 2 is 1.84 bits per heavy atom. The standard InChI is InChI=1S/C26H34N4O3S.CH3NO/c1-17(2)14-23(29-13-7-10-22(25(29)32)28-34-21-11-12-21)26(33)30-16-19(15-18(30)3)24(31)27-20-8-5-4-6-9-20;2-1-3/h4-10,13,17-19,21,23,28H,11-12,14-16H2,1-3H3,(H,27,31);1H,(H2,2,3). The minimum absolute atomic E-state index is 0.0730. The Balaban J connectivity index is 0.00000121. The molecule has 1 aromatic heterocycles. The largest absolute Gasteiger partial charge is 0.372 e. The Morgan fingerprint density at radius 3 is 2.46 bits per heavy atom. The topological polar surface area (TPSA) is 127 Å². The third kappa shape index (κ3) is 7.85. The Morgan fingerprint density at radius 1 is 1.16 bits per heavy atom. The van der Waals surface area contributed by atoms with Crippen molar-refractivity contribution in [2.75, 3.05) is 16.6 Å². The zero-order chi connectivity index (χ0) is 26.9. The van der Waals surface area contributed by atoms with Gasteiger partial charge in [0.25, 0.3) is 5.56 Å². The molecule has 2 fully saturated rings. The van der Waals surface area contributed by atoms with E-state index in [-0.39, 0.29) is 41.7 Å². The van der Waals surface area contributed by atoms with Crippen molar-refractivity contribution in [2.24, 2.45) is 17.6 Å². The molecule has 2 heterocycles. The smallest absolute Gasteiger partial charge is 0.275 e. The number of nitrogens with zero attached hydrogens (tertiary/aromatic N) is 2. The summed E-state index contributed by atoms with van der Waals surface area (Å²) in [5.41, 5.74) is 5.25. The number of carbonyl (C=O) groups is 3. The number of hydrogen-bond acceptors (Lipinski definition) is 6. The second-order valence-electron chi connectivity index (χ2n) is 9.96. The maximum atomic E-state index is 13.8. The molecule has 200 valence electrons. The van der Waals surface area contributed by atoms with Gasteiger partial charge in [-0.2, -0.15) is 0 Å². The van der Waals surface area contributed by atoms with E-state index in [0.717, 1.165) is 5.69 Å². The van der Waals surface area contributed by atoms with Gasteiger partial charge in [-0.25, -0.2) is 0 Å². The van der Waals surface area contributed by atoms with Crippen LogP contribution in [0.1, 0.15) is 52.5 Å². The summed E-state index contributed by atoms with van der Waals surface area (Å²) in [4.78, 5) is 50.3. The number of nitrogens with one attached hydrogen (secondary N) is 2. The van der Waals surface area contributed by atoms with Gasteiger partial charge in [-0.15, -0.1) is 0 Å². The molecule has 0 radical (unpaired) electrons. The van der Waals surface area contributed by atoms with Crippen LogP contribution in [0, 0.1) is 11.8 Å². The van der Waals surface area contributed by atoms with Crippen LogP contribution in [0.2, 0.25) is 0 Å². The summed E-state index contributed by atoms with van der Waals surface area (Å²) in [6, 6.07) is 12.3. The van der Waals surface area contributed by atoms with Crippen LogP contribution in [0.5, 0.6) is 0 Å². The maximum absolute atomic E-state index is 13.8. The Hall–Kier alpha value is -3.27. The molecule has 37 heavy (non-hydrogen) atoms. The molecule has 3 unspecified atom stereocenters. The molecule has 1 aliphatic heterocycles. The van der Waals surface area contributed by atoms with Crippen molar-refractivity contribution >= 4 is 41.5 Å². The van der Waals surface area contributed by atoms with Gasteiger partial charge in [0.1, 0.15) is 11.7 Å². The van der Waals surface area contributed by atoms with Gasteiger partial charge < -0.3 is 25.2 Å². The summed E-state index contributed by atoms with van der Waals surface area (Å²) in [6.45, 7) is 6.45. The van der Waals surface area contributed by atoms with E-state index >= 15 is 0 Å². The van der Waals surface area contributed by atoms with Crippen molar-refractivity contribution in [3.8, 4) is 0 Å². The van der Waals surface area contributed by atoms with E-state index < -0.39 is 6.04 Å². The Kier molecular flexibility index (Phi) is 10.2. The molecule has 3 amide bonds. The van der Waals surface area contributed by atoms with Gasteiger partial charge in [0.15, 0.2) is 0 Å². The van der Waals surface area contributed by atoms with E-state index in [1.807, 2.05) is 43.3 Å². The minimum atomic E-state index is -0.599. The number of hydrogen-bond donors (Lipinski definition) is 3. The molecule has 10 heteroatoms. The quantitative estimate of drug-likeness (QED) is 0.338. The molecule has 9 nitrogen and oxygen atoms in total. The van der Waals surface area contributed by atoms with Crippen LogP contribution >= 0.6 is 11.9 Å². The van der Waals surface area contributed by atoms with Crippen molar-refractivity contribution < 1.29 is 14.4 Å². The number of anilines is 2. The maximum Gasteiger partial charge on any atom is 0.275 e. The van der Waals surface area contributed by atoms with E-state index in [1.54, 1.807) is 33.7 Å². The number of para-hydroxylation sites is 1. The lowest BCUT2D eigenvalue weighted by molar-refractivity contribution is -0.136. The fraction of sp³-hybridized carbons (Fsp3) is 0.481. The molecule has 4 rings (SSSR count). The average molecular weight is 528 g/mol. The molecule has 1 aromatic carbocycles. The number of nitrogens with two attached hydrogens (primary N) is 1. The van der Waals surface area contributed by atoms with Crippen LogP contribution in [0.4, 0.5) is 11.4 Å². The minimum Gasteiger partial charge on any atom is -0.372 e. The molecular weight excluding hydrogens is 490 g/mol. The lowest BCUT2D eigenvalue weighted by Gasteiger charge is -2.29. The molecular formula is C27H37N5O4S. The molecule has 1 saturated carbocycles. The molecule has 4 N–H and O–H groups in total. The van der Waals surface area contributed by atoms with Gasteiger partial charge in [-0.1, -0.05) is 32.0 Å². The van der Waals surface area contributed by atoms with Crippen molar-refractivity contribution in [2.45, 2.75) is 63.8 Å². The van der Waals surface area contributed by atoms with Gasteiger partial charge in [-0.05, 0) is 74.7 Å². The first-order valence-electron chi connectivity index (χ1n) is 12.7. The number of pyridine rings is 1. The van der Waals surface area contributed by atoms with Crippen LogP contribution in [0.25, 0.3) is 0 Å². The van der Waals surface area contributed by atoms with Crippen LogP contribution in [0.3, 0.4) is 0 Å². The van der Waals surface area contributed by atoms with Gasteiger partial charge in [0.2, 0.25) is 18.2 Å². The van der Waals surface area contributed by atoms with E-state index in [0.29, 0.717) is 30.3 Å². The zero-order valence-electron chi connectivity index (χ0n) is 21.6. The van der Waals surface area contributed by atoms with Gasteiger partial charge in [0.05, 0.1) is 5.92 Å². The number of aromatic nitrogens is 1. The van der Waals surface area contributed by atoms with Crippen molar-refractivity contribution in [3.05, 3.63) is 59.0 Å². The summed E-state index contributed by atoms with van der Waals surface area (Å²) in [7, 11) is 0. The molecule has 0 spiro atoms. The van der Waals surface area contributed by atoms with E-state index in [9.17, 15) is 14.4 Å². The first kappa shape index (κ1) is 28.3. The summed E-state index contributed by atoms with van der Waals surface area (Å²) in [5, 5.41) is 3.52. The number of rotatable bonds is 9. The van der Waals surface area contributed by atoms with Gasteiger partial charge >= 0.3 is 0 Å². The summed E-state index contributed by atoms with van der Waals surface area (Å²) in [6.07, 6.45) is 5.45. The van der Waals surface area contributed by atoms with Crippen LogP contribution in [0.15, 0.2) is 53.5 Å². The highest BCUT2D eigenvalue weighted by atomic mass is 32.2. The van der Waals surface area contributed by atoms with E-state index in [4.69, 9.17) is 4.79 Å². The Labute approximate surface area is 222 Å². The molecule has 1 aliphatic carbocycles. The molecule has 2 aliphatic rings. The lowest BCUT2D eigenvalue weighted by atomic mass is 10.0. The van der Waals surface area contributed by atoms with Crippen molar-refractivity contribution in [1.82, 2.24) is 9.47 Å². The fourth-order valence-corrected chi connectivity index (χ4v) is 5.25. The number of carbonyl (C=O) groups excluding carboxylic acids is 3. The third-order valence-corrected chi connectivity index (χ3v) is 7.56. The predicted octanol–water partition coefficient (Wildman–Crippen LogP) is 3.64. The molecule has 0 bridgehead atoms. The van der Waals surface area contributed by atoms with E-state index in [2.05, 4.69) is 29.6 Å². The second-order valence-corrected chi connectivity index (χ2v) is 11.1.